The van der Waals surface area contributed by atoms with Gasteiger partial charge in [-0.1, -0.05) is 23.7 Å². The number of thiazole rings is 1. The monoisotopic (exact) mass is 444 g/mol. The minimum absolute atomic E-state index is 0.273. The van der Waals surface area contributed by atoms with Crippen LogP contribution in [-0.4, -0.2) is 28.8 Å². The van der Waals surface area contributed by atoms with Crippen LogP contribution in [0.15, 0.2) is 58.3 Å². The van der Waals surface area contributed by atoms with E-state index in [9.17, 15) is 0 Å². The molecule has 0 fully saturated rings. The summed E-state index contributed by atoms with van der Waals surface area (Å²) in [6.45, 7) is 0.628. The second-order valence-corrected chi connectivity index (χ2v) is 7.77. The van der Waals surface area contributed by atoms with Gasteiger partial charge in [-0.15, -0.1) is 16.4 Å². The van der Waals surface area contributed by atoms with Crippen LogP contribution in [0.1, 0.15) is 5.89 Å². The van der Waals surface area contributed by atoms with Gasteiger partial charge in [-0.25, -0.2) is 10.1 Å². The first-order chi connectivity index (χ1) is 14.1. The molecule has 0 radical (unpaired) electrons. The maximum Gasteiger partial charge on any atom is 0.284 e. The van der Waals surface area contributed by atoms with E-state index in [0.29, 0.717) is 23.9 Å². The smallest absolute Gasteiger partial charge is 0.284 e. The third-order valence-electron chi connectivity index (χ3n) is 4.28. The van der Waals surface area contributed by atoms with E-state index in [1.807, 2.05) is 53.9 Å². The summed E-state index contributed by atoms with van der Waals surface area (Å²) < 4.78 is 10.7. The molecule has 0 saturated heterocycles. The molecule has 0 aliphatic heterocycles. The van der Waals surface area contributed by atoms with E-state index in [1.54, 1.807) is 18.4 Å². The first-order valence-corrected chi connectivity index (χ1v) is 10.5. The third kappa shape index (κ3) is 4.67. The second kappa shape index (κ2) is 8.77. The molecule has 0 unspecified atom stereocenters. The summed E-state index contributed by atoms with van der Waals surface area (Å²) in [6, 6.07) is 15.5. The van der Waals surface area contributed by atoms with Crippen LogP contribution in [0.2, 0.25) is 5.02 Å². The molecule has 4 rings (SSSR count). The molecule has 4 aromatic rings. The molecule has 1 N–H and O–H groups in total. The maximum absolute atomic E-state index is 6.00. The van der Waals surface area contributed by atoms with Crippen LogP contribution in [0, 0.1) is 4.84 Å². The summed E-state index contributed by atoms with van der Waals surface area (Å²) in [6.07, 6.45) is 0.578. The van der Waals surface area contributed by atoms with Crippen LogP contribution in [0.25, 0.3) is 11.3 Å². The van der Waals surface area contributed by atoms with E-state index < -0.39 is 0 Å². The molecular weight excluding hydrogens is 428 g/mol. The molecule has 0 bridgehead atoms. The number of nitrogens with zero attached hydrogens (tertiary/aromatic N) is 3. The van der Waals surface area contributed by atoms with E-state index in [4.69, 9.17) is 38.0 Å². The Labute approximate surface area is 181 Å². The van der Waals surface area contributed by atoms with Gasteiger partial charge in [-0.2, -0.15) is 0 Å². The lowest BCUT2D eigenvalue weighted by Crippen LogP contribution is -2.20. The zero-order valence-corrected chi connectivity index (χ0v) is 17.9. The Hall–Kier alpha value is -2.68. The first-order valence-electron chi connectivity index (χ1n) is 8.80. The summed E-state index contributed by atoms with van der Waals surface area (Å²) in [5.41, 5.74) is 2.92. The number of methoxy groups -OCH3 is 1. The van der Waals surface area contributed by atoms with E-state index in [0.717, 1.165) is 27.8 Å². The SMILES string of the molecule is COc1ccc(N(CCc2n[nH]c(=S)o2)c2nc(-c3ccc(Cl)cc3)cs2)cc1. The zero-order valence-electron chi connectivity index (χ0n) is 15.5. The van der Waals surface area contributed by atoms with Gasteiger partial charge in [0.1, 0.15) is 5.75 Å². The molecule has 6 nitrogen and oxygen atoms in total. The number of halogens is 1. The topological polar surface area (TPSA) is 67.2 Å². The van der Waals surface area contributed by atoms with Crippen molar-refractivity contribution in [2.24, 2.45) is 0 Å². The number of anilines is 2. The van der Waals surface area contributed by atoms with E-state index in [1.165, 1.54) is 0 Å². The van der Waals surface area contributed by atoms with Crippen molar-refractivity contribution in [2.75, 3.05) is 18.6 Å². The molecule has 0 atom stereocenters. The predicted octanol–water partition coefficient (Wildman–Crippen LogP) is 5.90. The van der Waals surface area contributed by atoms with E-state index >= 15 is 0 Å². The molecule has 2 aromatic carbocycles. The van der Waals surface area contributed by atoms with Crippen molar-refractivity contribution < 1.29 is 9.15 Å². The number of aromatic nitrogens is 3. The number of hydrogen-bond donors (Lipinski definition) is 1. The van der Waals surface area contributed by atoms with Gasteiger partial charge in [0.15, 0.2) is 5.13 Å². The number of hydrogen-bond acceptors (Lipinski definition) is 7. The summed E-state index contributed by atoms with van der Waals surface area (Å²) in [4.78, 5) is 7.23. The number of benzene rings is 2. The van der Waals surface area contributed by atoms with Crippen molar-refractivity contribution in [3.8, 4) is 17.0 Å². The summed E-state index contributed by atoms with van der Waals surface area (Å²) in [5.74, 6) is 1.36. The molecule has 29 heavy (non-hydrogen) atoms. The van der Waals surface area contributed by atoms with Gasteiger partial charge in [0.2, 0.25) is 5.89 Å². The average Bonchev–Trinajstić information content (AvgIpc) is 3.39. The quantitative estimate of drug-likeness (QED) is 0.358. The first kappa shape index (κ1) is 19.6. The number of rotatable bonds is 7. The van der Waals surface area contributed by atoms with Gasteiger partial charge < -0.3 is 14.1 Å². The molecular formula is C20H17ClN4O2S2. The summed E-state index contributed by atoms with van der Waals surface area (Å²) in [5, 5.41) is 10.4. The van der Waals surface area contributed by atoms with Gasteiger partial charge in [-0.05, 0) is 48.6 Å². The molecule has 148 valence electrons. The van der Waals surface area contributed by atoms with Gasteiger partial charge in [0.25, 0.3) is 4.84 Å². The molecule has 2 aromatic heterocycles. The lowest BCUT2D eigenvalue weighted by Gasteiger charge is -2.21. The van der Waals surface area contributed by atoms with Gasteiger partial charge in [-0.3, -0.25) is 0 Å². The van der Waals surface area contributed by atoms with Crippen LogP contribution in [0.5, 0.6) is 5.75 Å². The number of aromatic amines is 1. The minimum atomic E-state index is 0.273. The molecule has 0 aliphatic rings. The Bertz CT molecular complexity index is 1140. The normalized spacial score (nSPS) is 10.8. The Balaban J connectivity index is 1.63. The van der Waals surface area contributed by atoms with Crippen LogP contribution >= 0.6 is 35.2 Å². The molecule has 0 amide bonds. The van der Waals surface area contributed by atoms with Gasteiger partial charge in [0, 0.05) is 34.6 Å². The van der Waals surface area contributed by atoms with Crippen molar-refractivity contribution in [1.29, 1.82) is 0 Å². The Kier molecular flexibility index (Phi) is 5.94. The fourth-order valence-corrected chi connectivity index (χ4v) is 3.96. The second-order valence-electron chi connectivity index (χ2n) is 6.13. The summed E-state index contributed by atoms with van der Waals surface area (Å²) in [7, 11) is 1.65. The Morgan fingerprint density at radius 2 is 1.93 bits per heavy atom. The van der Waals surface area contributed by atoms with Crippen molar-refractivity contribution in [3.63, 3.8) is 0 Å². The number of H-pyrrole nitrogens is 1. The lowest BCUT2D eigenvalue weighted by atomic mass is 10.2. The molecule has 0 spiro atoms. The minimum Gasteiger partial charge on any atom is -0.497 e. The van der Waals surface area contributed by atoms with Gasteiger partial charge >= 0.3 is 0 Å². The highest BCUT2D eigenvalue weighted by Crippen LogP contribution is 2.33. The van der Waals surface area contributed by atoms with Crippen molar-refractivity contribution in [3.05, 3.63) is 69.7 Å². The average molecular weight is 445 g/mol. The van der Waals surface area contributed by atoms with Crippen LogP contribution in [0.3, 0.4) is 0 Å². The summed E-state index contributed by atoms with van der Waals surface area (Å²) >= 11 is 12.5. The third-order valence-corrected chi connectivity index (χ3v) is 5.57. The standard InChI is InChI=1S/C20H17ClN4O2S2/c1-26-16-8-6-15(7-9-16)25(11-10-18-23-24-20(28)27-18)19-22-17(12-29-19)13-2-4-14(21)5-3-13/h2-9,12H,10-11H2,1H3,(H,24,28). The van der Waals surface area contributed by atoms with Crippen molar-refractivity contribution in [1.82, 2.24) is 15.2 Å². The van der Waals surface area contributed by atoms with E-state index in [-0.39, 0.29) is 4.84 Å². The highest BCUT2D eigenvalue weighted by atomic mass is 35.5. The fourth-order valence-electron chi connectivity index (χ4n) is 2.81. The van der Waals surface area contributed by atoms with Gasteiger partial charge in [0.05, 0.1) is 12.8 Å². The molecule has 0 aliphatic carbocycles. The lowest BCUT2D eigenvalue weighted by molar-refractivity contribution is 0.415. The predicted molar refractivity (Wildman–Crippen MR) is 118 cm³/mol. The highest BCUT2D eigenvalue weighted by Gasteiger charge is 2.16. The Morgan fingerprint density at radius 1 is 1.17 bits per heavy atom. The number of ether oxygens (including phenoxy) is 1. The molecule has 2 heterocycles. The van der Waals surface area contributed by atoms with E-state index in [2.05, 4.69) is 15.1 Å². The zero-order chi connectivity index (χ0) is 20.2. The van der Waals surface area contributed by atoms with Crippen LogP contribution in [-0.2, 0) is 6.42 Å². The van der Waals surface area contributed by atoms with Crippen molar-refractivity contribution in [2.45, 2.75) is 6.42 Å². The van der Waals surface area contributed by atoms with Crippen LogP contribution in [0.4, 0.5) is 10.8 Å². The molecule has 0 saturated carbocycles. The highest BCUT2D eigenvalue weighted by molar-refractivity contribution is 7.71. The largest absolute Gasteiger partial charge is 0.497 e. The van der Waals surface area contributed by atoms with Crippen molar-refractivity contribution >= 4 is 46.0 Å². The molecule has 9 heteroatoms. The van der Waals surface area contributed by atoms with Crippen LogP contribution < -0.4 is 9.64 Å². The maximum atomic E-state index is 6.00. The number of nitrogens with one attached hydrogen (secondary N) is 1. The Morgan fingerprint density at radius 3 is 2.59 bits per heavy atom. The fraction of sp³-hybridized carbons (Fsp3) is 0.150.